The summed E-state index contributed by atoms with van der Waals surface area (Å²) in [5, 5.41) is 3.34. The molecule has 0 atom stereocenters. The maximum absolute atomic E-state index is 12.2. The average Bonchev–Trinajstić information content (AvgIpc) is 2.35. The van der Waals surface area contributed by atoms with Crippen LogP contribution in [0.15, 0.2) is 18.2 Å². The number of rotatable bonds is 1. The molecular weight excluding hydrogens is 240 g/mol. The minimum atomic E-state index is -0.467. The Morgan fingerprint density at radius 1 is 1.42 bits per heavy atom. The number of amides is 1. The van der Waals surface area contributed by atoms with Crippen LogP contribution >= 0.6 is 0 Å². The van der Waals surface area contributed by atoms with Gasteiger partial charge < -0.3 is 10.1 Å². The van der Waals surface area contributed by atoms with Gasteiger partial charge in [-0.05, 0) is 44.9 Å². The summed E-state index contributed by atoms with van der Waals surface area (Å²) < 4.78 is 5.45. The van der Waals surface area contributed by atoms with E-state index in [1.54, 1.807) is 4.90 Å². The van der Waals surface area contributed by atoms with Crippen molar-refractivity contribution >= 4 is 17.5 Å². The molecule has 2 rings (SSSR count). The van der Waals surface area contributed by atoms with E-state index in [1.807, 2.05) is 26.8 Å². The summed E-state index contributed by atoms with van der Waals surface area (Å²) in [5.41, 5.74) is 2.71. The molecule has 0 saturated heterocycles. The molecule has 0 aliphatic carbocycles. The van der Waals surface area contributed by atoms with Gasteiger partial charge in [0.05, 0.1) is 11.4 Å². The zero-order valence-electron chi connectivity index (χ0n) is 12.1. The summed E-state index contributed by atoms with van der Waals surface area (Å²) in [4.78, 5) is 13.9. The molecular formula is C15H22N2O2. The summed E-state index contributed by atoms with van der Waals surface area (Å²) in [5.74, 6) is 0. The van der Waals surface area contributed by atoms with Crippen LogP contribution in [0, 0.1) is 0 Å². The maximum Gasteiger partial charge on any atom is 0.414 e. The molecule has 0 saturated carbocycles. The van der Waals surface area contributed by atoms with Gasteiger partial charge in [0.15, 0.2) is 0 Å². The third-order valence-corrected chi connectivity index (χ3v) is 3.02. The molecule has 4 heteroatoms. The van der Waals surface area contributed by atoms with Crippen molar-refractivity contribution in [2.45, 2.75) is 39.7 Å². The molecule has 1 heterocycles. The zero-order valence-corrected chi connectivity index (χ0v) is 12.1. The summed E-state index contributed by atoms with van der Waals surface area (Å²) >= 11 is 0. The van der Waals surface area contributed by atoms with Crippen LogP contribution < -0.4 is 10.2 Å². The zero-order chi connectivity index (χ0) is 14.0. The van der Waals surface area contributed by atoms with Crippen molar-refractivity contribution in [1.82, 2.24) is 0 Å². The van der Waals surface area contributed by atoms with Crippen molar-refractivity contribution in [1.29, 1.82) is 0 Å². The second-order valence-corrected chi connectivity index (χ2v) is 5.76. The fourth-order valence-electron chi connectivity index (χ4n) is 2.11. The van der Waals surface area contributed by atoms with Gasteiger partial charge in [0.1, 0.15) is 5.60 Å². The minimum absolute atomic E-state index is 0.278. The lowest BCUT2D eigenvalue weighted by Crippen LogP contribution is -2.42. The van der Waals surface area contributed by atoms with Gasteiger partial charge in [-0.15, -0.1) is 0 Å². The number of ether oxygens (including phenoxy) is 1. The normalized spacial score (nSPS) is 14.6. The topological polar surface area (TPSA) is 41.6 Å². The molecule has 4 nitrogen and oxygen atoms in total. The number of aryl methyl sites for hydroxylation is 1. The number of anilines is 2. The monoisotopic (exact) mass is 262 g/mol. The van der Waals surface area contributed by atoms with E-state index in [0.29, 0.717) is 6.54 Å². The predicted octanol–water partition coefficient (Wildman–Crippen LogP) is 3.42. The van der Waals surface area contributed by atoms with E-state index in [4.69, 9.17) is 4.74 Å². The standard InChI is InChI=1S/C15H22N2O2/c1-5-11-6-7-13-12(10-11)16-8-9-17(13)14(18)19-15(2,3)4/h6-7,10,16H,5,8-9H2,1-4H3. The summed E-state index contributed by atoms with van der Waals surface area (Å²) in [6.45, 7) is 9.15. The molecule has 1 aromatic carbocycles. The van der Waals surface area contributed by atoms with Crippen LogP contribution in [0.5, 0.6) is 0 Å². The molecule has 104 valence electrons. The first-order valence-corrected chi connectivity index (χ1v) is 6.78. The van der Waals surface area contributed by atoms with E-state index in [9.17, 15) is 4.79 Å². The van der Waals surface area contributed by atoms with E-state index >= 15 is 0 Å². The number of fused-ring (bicyclic) bond motifs is 1. The van der Waals surface area contributed by atoms with Crippen LogP contribution in [-0.2, 0) is 11.2 Å². The number of hydrogen-bond donors (Lipinski definition) is 1. The molecule has 0 aromatic heterocycles. The molecule has 0 fully saturated rings. The van der Waals surface area contributed by atoms with Crippen molar-refractivity contribution in [3.63, 3.8) is 0 Å². The van der Waals surface area contributed by atoms with Gasteiger partial charge >= 0.3 is 6.09 Å². The molecule has 1 aliphatic rings. The number of nitrogens with zero attached hydrogens (tertiary/aromatic N) is 1. The van der Waals surface area contributed by atoms with Crippen LogP contribution in [0.4, 0.5) is 16.2 Å². The Kier molecular flexibility index (Phi) is 3.69. The van der Waals surface area contributed by atoms with Crippen molar-refractivity contribution in [3.05, 3.63) is 23.8 Å². The Bertz CT molecular complexity index is 478. The Balaban J connectivity index is 2.25. The van der Waals surface area contributed by atoms with E-state index in [0.717, 1.165) is 24.3 Å². The van der Waals surface area contributed by atoms with Gasteiger partial charge in [-0.1, -0.05) is 13.0 Å². The number of benzene rings is 1. The first-order valence-electron chi connectivity index (χ1n) is 6.78. The van der Waals surface area contributed by atoms with Gasteiger partial charge in [-0.3, -0.25) is 4.90 Å². The molecule has 1 aliphatic heterocycles. The Labute approximate surface area is 114 Å². The fourth-order valence-corrected chi connectivity index (χ4v) is 2.11. The van der Waals surface area contributed by atoms with E-state index in [1.165, 1.54) is 5.56 Å². The molecule has 1 aromatic rings. The van der Waals surface area contributed by atoms with Gasteiger partial charge in [0, 0.05) is 13.1 Å². The van der Waals surface area contributed by atoms with Crippen LogP contribution in [-0.4, -0.2) is 24.8 Å². The fraction of sp³-hybridized carbons (Fsp3) is 0.533. The van der Waals surface area contributed by atoms with E-state index in [-0.39, 0.29) is 6.09 Å². The van der Waals surface area contributed by atoms with E-state index in [2.05, 4.69) is 24.4 Å². The van der Waals surface area contributed by atoms with Crippen molar-refractivity contribution in [3.8, 4) is 0 Å². The van der Waals surface area contributed by atoms with Crippen molar-refractivity contribution < 1.29 is 9.53 Å². The lowest BCUT2D eigenvalue weighted by molar-refractivity contribution is 0.0581. The maximum atomic E-state index is 12.2. The summed E-state index contributed by atoms with van der Waals surface area (Å²) in [6, 6.07) is 6.15. The van der Waals surface area contributed by atoms with Crippen LogP contribution in [0.2, 0.25) is 0 Å². The van der Waals surface area contributed by atoms with Crippen LogP contribution in [0.25, 0.3) is 0 Å². The second-order valence-electron chi connectivity index (χ2n) is 5.76. The highest BCUT2D eigenvalue weighted by Gasteiger charge is 2.27. The lowest BCUT2D eigenvalue weighted by Gasteiger charge is -2.32. The highest BCUT2D eigenvalue weighted by Crippen LogP contribution is 2.31. The largest absolute Gasteiger partial charge is 0.443 e. The molecule has 0 radical (unpaired) electrons. The first-order chi connectivity index (χ1) is 8.90. The van der Waals surface area contributed by atoms with Crippen LogP contribution in [0.1, 0.15) is 33.3 Å². The number of carbonyl (C=O) groups excluding carboxylic acids is 1. The average molecular weight is 262 g/mol. The Morgan fingerprint density at radius 2 is 2.16 bits per heavy atom. The second kappa shape index (κ2) is 5.11. The Morgan fingerprint density at radius 3 is 2.79 bits per heavy atom. The number of carbonyl (C=O) groups is 1. The van der Waals surface area contributed by atoms with Crippen LogP contribution in [0.3, 0.4) is 0 Å². The molecule has 1 amide bonds. The molecule has 0 unspecified atom stereocenters. The molecule has 1 N–H and O–H groups in total. The van der Waals surface area contributed by atoms with Gasteiger partial charge in [-0.2, -0.15) is 0 Å². The quantitative estimate of drug-likeness (QED) is 0.843. The highest BCUT2D eigenvalue weighted by atomic mass is 16.6. The summed E-state index contributed by atoms with van der Waals surface area (Å²) in [7, 11) is 0. The smallest absolute Gasteiger partial charge is 0.414 e. The highest BCUT2D eigenvalue weighted by molar-refractivity contribution is 5.93. The van der Waals surface area contributed by atoms with Gasteiger partial charge in [-0.25, -0.2) is 4.79 Å². The lowest BCUT2D eigenvalue weighted by atomic mass is 10.1. The van der Waals surface area contributed by atoms with Crippen molar-refractivity contribution in [2.75, 3.05) is 23.3 Å². The van der Waals surface area contributed by atoms with Gasteiger partial charge in [0.2, 0.25) is 0 Å². The van der Waals surface area contributed by atoms with E-state index < -0.39 is 5.60 Å². The Hall–Kier alpha value is -1.71. The first kappa shape index (κ1) is 13.7. The number of nitrogens with one attached hydrogen (secondary N) is 1. The van der Waals surface area contributed by atoms with Gasteiger partial charge in [0.25, 0.3) is 0 Å². The van der Waals surface area contributed by atoms with Crippen molar-refractivity contribution in [2.24, 2.45) is 0 Å². The molecule has 0 bridgehead atoms. The third-order valence-electron chi connectivity index (χ3n) is 3.02. The SMILES string of the molecule is CCc1ccc2c(c1)NCCN2C(=O)OC(C)(C)C. The third kappa shape index (κ3) is 3.19. The minimum Gasteiger partial charge on any atom is -0.443 e. The number of hydrogen-bond acceptors (Lipinski definition) is 3. The molecule has 19 heavy (non-hydrogen) atoms. The molecule has 0 spiro atoms. The predicted molar refractivity (Wildman–Crippen MR) is 77.9 cm³/mol. The summed E-state index contributed by atoms with van der Waals surface area (Å²) in [6.07, 6.45) is 0.709.